The molecule has 126 valence electrons. The van der Waals surface area contributed by atoms with Crippen LogP contribution in [0.25, 0.3) is 0 Å². The van der Waals surface area contributed by atoms with Crippen molar-refractivity contribution in [3.05, 3.63) is 23.8 Å². The van der Waals surface area contributed by atoms with Gasteiger partial charge < -0.3 is 15.2 Å². The molecular weight excluding hydrogens is 360 g/mol. The van der Waals surface area contributed by atoms with Crippen LogP contribution in [-0.4, -0.2) is 67.5 Å². The lowest BCUT2D eigenvalue weighted by atomic mass is 10.0. The summed E-state index contributed by atoms with van der Waals surface area (Å²) in [4.78, 5) is 2.47. The number of nitrogens with two attached hydrogens (primary N) is 1. The molecule has 0 bridgehead atoms. The Morgan fingerprint density at radius 1 is 1.39 bits per heavy atom. The highest BCUT2D eigenvalue weighted by atomic mass is 79.9. The minimum atomic E-state index is 0.0929. The van der Waals surface area contributed by atoms with Gasteiger partial charge in [-0.1, -0.05) is 15.9 Å². The van der Waals surface area contributed by atoms with E-state index in [4.69, 9.17) is 15.2 Å². The minimum Gasteiger partial charge on any atom is -0.492 e. The molecule has 2 heterocycles. The summed E-state index contributed by atoms with van der Waals surface area (Å²) in [6.45, 7) is 3.52. The summed E-state index contributed by atoms with van der Waals surface area (Å²) < 4.78 is 11.3. The Morgan fingerprint density at radius 3 is 2.83 bits per heavy atom. The molecule has 6 nitrogen and oxygen atoms in total. The lowest BCUT2D eigenvalue weighted by molar-refractivity contribution is -0.0334. The molecule has 2 unspecified atom stereocenters. The number of hydrazone groups is 1. The van der Waals surface area contributed by atoms with Crippen molar-refractivity contribution < 1.29 is 9.47 Å². The van der Waals surface area contributed by atoms with Crippen LogP contribution in [0, 0.1) is 0 Å². The maximum absolute atomic E-state index is 6.04. The Labute approximate surface area is 145 Å². The topological polar surface area (TPSA) is 63.3 Å². The Morgan fingerprint density at radius 2 is 2.17 bits per heavy atom. The van der Waals surface area contributed by atoms with Gasteiger partial charge in [-0.2, -0.15) is 5.10 Å². The van der Waals surface area contributed by atoms with Crippen molar-refractivity contribution >= 4 is 27.8 Å². The molecular formula is C16H23BrN4O2. The van der Waals surface area contributed by atoms with E-state index in [1.807, 2.05) is 36.5 Å². The Hall–Kier alpha value is -1.31. The number of anilines is 1. The number of nitrogen functional groups attached to an aromatic ring is 1. The number of benzene rings is 1. The third-order valence-electron chi connectivity index (χ3n) is 4.37. The Balaban J connectivity index is 1.63. The summed E-state index contributed by atoms with van der Waals surface area (Å²) in [5, 5.41) is 6.27. The number of hydrogen-bond acceptors (Lipinski definition) is 6. The summed E-state index contributed by atoms with van der Waals surface area (Å²) in [6.07, 6.45) is 2.27. The molecule has 2 atom stereocenters. The van der Waals surface area contributed by atoms with Gasteiger partial charge in [0.15, 0.2) is 0 Å². The maximum Gasteiger partial charge on any atom is 0.124 e. The molecule has 1 aromatic rings. The van der Waals surface area contributed by atoms with Crippen LogP contribution in [0.1, 0.15) is 11.6 Å². The number of halogens is 1. The van der Waals surface area contributed by atoms with Gasteiger partial charge in [0.1, 0.15) is 12.4 Å². The van der Waals surface area contributed by atoms with E-state index in [9.17, 15) is 0 Å². The van der Waals surface area contributed by atoms with Crippen molar-refractivity contribution in [3.8, 4) is 5.75 Å². The molecule has 1 fully saturated rings. The molecule has 1 aromatic carbocycles. The lowest BCUT2D eigenvalue weighted by Gasteiger charge is -2.37. The van der Waals surface area contributed by atoms with Gasteiger partial charge in [-0.05, 0) is 18.2 Å². The van der Waals surface area contributed by atoms with Crippen LogP contribution in [0.2, 0.25) is 0 Å². The predicted octanol–water partition coefficient (Wildman–Crippen LogP) is 1.71. The van der Waals surface area contributed by atoms with E-state index in [1.54, 1.807) is 7.11 Å². The zero-order chi connectivity index (χ0) is 16.4. The van der Waals surface area contributed by atoms with Gasteiger partial charge in [-0.15, -0.1) is 0 Å². The summed E-state index contributed by atoms with van der Waals surface area (Å²) >= 11 is 3.66. The van der Waals surface area contributed by atoms with E-state index >= 15 is 0 Å². The van der Waals surface area contributed by atoms with Crippen molar-refractivity contribution in [1.29, 1.82) is 0 Å². The number of likely N-dealkylation sites (tertiary alicyclic amines) is 1. The summed E-state index contributed by atoms with van der Waals surface area (Å²) in [5.74, 6) is 0.870. The zero-order valence-electron chi connectivity index (χ0n) is 13.5. The van der Waals surface area contributed by atoms with E-state index in [2.05, 4.69) is 25.9 Å². The third kappa shape index (κ3) is 3.62. The lowest BCUT2D eigenvalue weighted by Crippen LogP contribution is -2.52. The first-order chi connectivity index (χ1) is 11.1. The van der Waals surface area contributed by atoms with E-state index in [0.29, 0.717) is 12.7 Å². The van der Waals surface area contributed by atoms with Crippen LogP contribution in [0.5, 0.6) is 5.75 Å². The fourth-order valence-corrected chi connectivity index (χ4v) is 3.70. The smallest absolute Gasteiger partial charge is 0.124 e. The van der Waals surface area contributed by atoms with E-state index in [-0.39, 0.29) is 10.9 Å². The van der Waals surface area contributed by atoms with Crippen LogP contribution in [0.4, 0.5) is 5.69 Å². The van der Waals surface area contributed by atoms with E-state index in [0.717, 1.165) is 36.6 Å². The monoisotopic (exact) mass is 382 g/mol. The molecule has 0 amide bonds. The highest BCUT2D eigenvalue weighted by Crippen LogP contribution is 2.37. The molecule has 0 saturated carbocycles. The molecule has 2 N–H and O–H groups in total. The molecule has 1 saturated heterocycles. The fraction of sp³-hybridized carbons (Fsp3) is 0.562. The molecule has 2 aliphatic rings. The van der Waals surface area contributed by atoms with Crippen molar-refractivity contribution in [3.63, 3.8) is 0 Å². The number of rotatable bonds is 6. The van der Waals surface area contributed by atoms with Crippen molar-refractivity contribution in [2.75, 3.05) is 46.1 Å². The zero-order valence-corrected chi connectivity index (χ0v) is 15.1. The quantitative estimate of drug-likeness (QED) is 0.599. The molecule has 0 aromatic heterocycles. The van der Waals surface area contributed by atoms with E-state index in [1.165, 1.54) is 0 Å². The number of ether oxygens (including phenoxy) is 2. The summed E-state index contributed by atoms with van der Waals surface area (Å²) in [6, 6.07) is 5.90. The van der Waals surface area contributed by atoms with Gasteiger partial charge in [-0.25, -0.2) is 0 Å². The normalized spacial score (nSPS) is 24.9. The second kappa shape index (κ2) is 7.07. The van der Waals surface area contributed by atoms with Crippen LogP contribution in [-0.2, 0) is 4.74 Å². The summed E-state index contributed by atoms with van der Waals surface area (Å²) in [5.41, 5.74) is 7.77. The Kier molecular flexibility index (Phi) is 5.08. The standard InChI is InChI=1S/C16H23BrN4O2/c1-20-16(14(17)8-19-20)13-7-11(18)3-4-15(13)23-6-5-21-9-12(10-21)22-2/h3-4,7-8,12,14,16H,5-6,9-10,18H2,1-2H3. The molecule has 0 radical (unpaired) electrons. The van der Waals surface area contributed by atoms with Gasteiger partial charge in [0.25, 0.3) is 0 Å². The van der Waals surface area contributed by atoms with Crippen LogP contribution in [0.15, 0.2) is 23.3 Å². The SMILES string of the molecule is COC1CN(CCOc2ccc(N)cc2C2C(Br)C=NN2C)C1. The van der Waals surface area contributed by atoms with Crippen LogP contribution >= 0.6 is 15.9 Å². The first kappa shape index (κ1) is 16.5. The highest BCUT2D eigenvalue weighted by Gasteiger charge is 2.31. The highest BCUT2D eigenvalue weighted by molar-refractivity contribution is 9.10. The number of nitrogens with zero attached hydrogens (tertiary/aromatic N) is 3. The number of hydrogen-bond donors (Lipinski definition) is 1. The number of methoxy groups -OCH3 is 1. The third-order valence-corrected chi connectivity index (χ3v) is 5.11. The van der Waals surface area contributed by atoms with Gasteiger partial charge in [0, 0.05) is 51.3 Å². The first-order valence-electron chi connectivity index (χ1n) is 7.77. The van der Waals surface area contributed by atoms with Crippen molar-refractivity contribution in [2.45, 2.75) is 17.0 Å². The second-order valence-corrected chi connectivity index (χ2v) is 7.05. The Bertz CT molecular complexity index is 565. The largest absolute Gasteiger partial charge is 0.492 e. The van der Waals surface area contributed by atoms with Gasteiger partial charge in [-0.3, -0.25) is 9.91 Å². The van der Waals surface area contributed by atoms with Crippen molar-refractivity contribution in [1.82, 2.24) is 9.91 Å². The van der Waals surface area contributed by atoms with Crippen LogP contribution in [0.3, 0.4) is 0 Å². The fourth-order valence-electron chi connectivity index (χ4n) is 2.97. The molecule has 3 rings (SSSR count). The molecule has 23 heavy (non-hydrogen) atoms. The van der Waals surface area contributed by atoms with E-state index < -0.39 is 0 Å². The second-order valence-electron chi connectivity index (χ2n) is 5.99. The minimum absolute atomic E-state index is 0.0929. The average Bonchev–Trinajstić information content (AvgIpc) is 2.82. The molecule has 2 aliphatic heterocycles. The van der Waals surface area contributed by atoms with Gasteiger partial charge >= 0.3 is 0 Å². The predicted molar refractivity (Wildman–Crippen MR) is 95.3 cm³/mol. The van der Waals surface area contributed by atoms with Gasteiger partial charge in [0.05, 0.1) is 17.0 Å². The number of alkyl halides is 1. The maximum atomic E-state index is 6.04. The molecule has 7 heteroatoms. The summed E-state index contributed by atoms with van der Waals surface area (Å²) in [7, 11) is 3.72. The average molecular weight is 383 g/mol. The van der Waals surface area contributed by atoms with Gasteiger partial charge in [0.2, 0.25) is 0 Å². The molecule has 0 aliphatic carbocycles. The van der Waals surface area contributed by atoms with Crippen molar-refractivity contribution in [2.24, 2.45) is 5.10 Å². The first-order valence-corrected chi connectivity index (χ1v) is 8.68. The van der Waals surface area contributed by atoms with Crippen LogP contribution < -0.4 is 10.5 Å². The molecule has 0 spiro atoms.